The minimum absolute atomic E-state index is 0.772. The first-order chi connectivity index (χ1) is 7.63. The predicted octanol–water partition coefficient (Wildman–Crippen LogP) is 4.13. The Morgan fingerprint density at radius 1 is 1.19 bits per heavy atom. The number of hydrogen-bond donors (Lipinski definition) is 0. The highest BCUT2D eigenvalue weighted by molar-refractivity contribution is 6.72. The Hall–Kier alpha value is 0.137. The Kier molecular flexibility index (Phi) is 4.09. The fraction of sp³-hybridized carbons (Fsp3) is 1.00. The zero-order valence-corrected chi connectivity index (χ0v) is 12.0. The summed E-state index contributed by atoms with van der Waals surface area (Å²) >= 11 is 0. The normalized spacial score (nSPS) is 33.6. The Labute approximate surface area is 101 Å². The molecular weight excluding hydrogens is 216 g/mol. The van der Waals surface area contributed by atoms with E-state index in [2.05, 4.69) is 20.0 Å². The van der Waals surface area contributed by atoms with Crippen molar-refractivity contribution in [1.29, 1.82) is 0 Å². The van der Waals surface area contributed by atoms with Crippen molar-refractivity contribution in [2.75, 3.05) is 6.61 Å². The van der Waals surface area contributed by atoms with Crippen LogP contribution in [-0.4, -0.2) is 14.9 Å². The summed E-state index contributed by atoms with van der Waals surface area (Å²) < 4.78 is 5.81. The largest absolute Gasteiger partial charge is 0.287 e. The van der Waals surface area contributed by atoms with E-state index in [4.69, 9.17) is 9.46 Å². The SMILES string of the molecule is CCCCOO[Si](C)(C)C1CC2CCC1C2. The molecule has 3 heteroatoms. The van der Waals surface area contributed by atoms with Crippen molar-refractivity contribution in [3.8, 4) is 0 Å². The molecule has 94 valence electrons. The second-order valence-corrected chi connectivity index (χ2v) is 10.3. The molecule has 0 amide bonds. The van der Waals surface area contributed by atoms with Gasteiger partial charge in [0.25, 0.3) is 0 Å². The lowest BCUT2D eigenvalue weighted by atomic mass is 10.0. The summed E-state index contributed by atoms with van der Waals surface area (Å²) in [5.74, 6) is 1.97. The second-order valence-electron chi connectivity index (χ2n) is 6.14. The van der Waals surface area contributed by atoms with E-state index in [0.29, 0.717) is 0 Å². The van der Waals surface area contributed by atoms with Gasteiger partial charge in [0.15, 0.2) is 0 Å². The minimum Gasteiger partial charge on any atom is -0.287 e. The Balaban J connectivity index is 1.78. The van der Waals surface area contributed by atoms with Crippen molar-refractivity contribution in [1.82, 2.24) is 0 Å². The van der Waals surface area contributed by atoms with Gasteiger partial charge in [0.1, 0.15) is 0 Å². The molecule has 2 nitrogen and oxygen atoms in total. The molecule has 2 saturated carbocycles. The fourth-order valence-electron chi connectivity index (χ4n) is 3.55. The van der Waals surface area contributed by atoms with Crippen molar-refractivity contribution in [2.45, 2.75) is 64.1 Å². The molecule has 2 fully saturated rings. The van der Waals surface area contributed by atoms with Gasteiger partial charge >= 0.3 is 0 Å². The summed E-state index contributed by atoms with van der Waals surface area (Å²) in [6.45, 7) is 7.63. The molecule has 0 radical (unpaired) electrons. The molecule has 3 atom stereocenters. The smallest absolute Gasteiger partial charge is 0.236 e. The van der Waals surface area contributed by atoms with E-state index in [-0.39, 0.29) is 0 Å². The summed E-state index contributed by atoms with van der Waals surface area (Å²) in [7, 11) is -1.60. The lowest BCUT2D eigenvalue weighted by molar-refractivity contribution is -0.220. The third-order valence-corrected chi connectivity index (χ3v) is 7.53. The molecule has 16 heavy (non-hydrogen) atoms. The van der Waals surface area contributed by atoms with Gasteiger partial charge in [0.05, 0.1) is 6.61 Å². The van der Waals surface area contributed by atoms with Crippen molar-refractivity contribution in [3.63, 3.8) is 0 Å². The highest BCUT2D eigenvalue weighted by atomic mass is 28.4. The summed E-state index contributed by atoms with van der Waals surface area (Å²) in [4.78, 5) is 5.42. The fourth-order valence-corrected chi connectivity index (χ4v) is 6.40. The number of rotatable bonds is 6. The van der Waals surface area contributed by atoms with Gasteiger partial charge in [-0.3, -0.25) is 4.58 Å². The van der Waals surface area contributed by atoms with E-state index in [1.165, 1.54) is 32.1 Å². The van der Waals surface area contributed by atoms with Crippen LogP contribution in [0.4, 0.5) is 0 Å². The molecule has 2 aliphatic rings. The van der Waals surface area contributed by atoms with E-state index >= 15 is 0 Å². The molecule has 0 aromatic carbocycles. The molecule has 0 heterocycles. The summed E-state index contributed by atoms with van der Waals surface area (Å²) in [5.41, 5.74) is 0.855. The van der Waals surface area contributed by atoms with Crippen molar-refractivity contribution < 1.29 is 9.46 Å². The predicted molar refractivity (Wildman–Crippen MR) is 68.6 cm³/mol. The standard InChI is InChI=1S/C13H26O2Si/c1-4-5-8-14-15-16(2,3)13-10-11-6-7-12(13)9-11/h11-13H,4-10H2,1-3H3. The van der Waals surface area contributed by atoms with Crippen LogP contribution < -0.4 is 0 Å². The monoisotopic (exact) mass is 242 g/mol. The maximum Gasteiger partial charge on any atom is 0.236 e. The zero-order chi connectivity index (χ0) is 11.6. The van der Waals surface area contributed by atoms with E-state index in [9.17, 15) is 0 Å². The van der Waals surface area contributed by atoms with Gasteiger partial charge in [-0.2, -0.15) is 0 Å². The van der Waals surface area contributed by atoms with Crippen LogP contribution in [0.5, 0.6) is 0 Å². The third-order valence-electron chi connectivity index (χ3n) is 4.49. The van der Waals surface area contributed by atoms with Crippen molar-refractivity contribution >= 4 is 8.32 Å². The summed E-state index contributed by atoms with van der Waals surface area (Å²) in [6.07, 6.45) is 8.10. The van der Waals surface area contributed by atoms with Crippen LogP contribution in [0.2, 0.25) is 18.6 Å². The van der Waals surface area contributed by atoms with E-state index < -0.39 is 8.32 Å². The van der Waals surface area contributed by atoms with Crippen LogP contribution in [0.3, 0.4) is 0 Å². The number of hydrogen-bond acceptors (Lipinski definition) is 2. The molecular formula is C13H26O2Si. The molecule has 2 bridgehead atoms. The van der Waals surface area contributed by atoms with Crippen molar-refractivity contribution in [3.05, 3.63) is 0 Å². The van der Waals surface area contributed by atoms with Gasteiger partial charge in [-0.05, 0) is 49.7 Å². The Morgan fingerprint density at radius 3 is 2.56 bits per heavy atom. The molecule has 0 spiro atoms. The van der Waals surface area contributed by atoms with Crippen LogP contribution in [0.25, 0.3) is 0 Å². The first kappa shape index (κ1) is 12.6. The highest BCUT2D eigenvalue weighted by Crippen LogP contribution is 2.55. The minimum atomic E-state index is -1.60. The number of fused-ring (bicyclic) bond motifs is 2. The van der Waals surface area contributed by atoms with Crippen molar-refractivity contribution in [2.24, 2.45) is 11.8 Å². The maximum atomic E-state index is 5.81. The topological polar surface area (TPSA) is 18.5 Å². The molecule has 0 aliphatic heterocycles. The molecule has 2 aliphatic carbocycles. The number of unbranched alkanes of at least 4 members (excludes halogenated alkanes) is 1. The van der Waals surface area contributed by atoms with Gasteiger partial charge in [0, 0.05) is 0 Å². The Morgan fingerprint density at radius 2 is 2.00 bits per heavy atom. The van der Waals surface area contributed by atoms with Gasteiger partial charge < -0.3 is 0 Å². The van der Waals surface area contributed by atoms with Crippen LogP contribution in [0.1, 0.15) is 45.4 Å². The Bertz CT molecular complexity index is 230. The van der Waals surface area contributed by atoms with Crippen LogP contribution in [0.15, 0.2) is 0 Å². The maximum absolute atomic E-state index is 5.81. The second kappa shape index (κ2) is 5.19. The molecule has 3 unspecified atom stereocenters. The van der Waals surface area contributed by atoms with Crippen LogP contribution >= 0.6 is 0 Å². The average Bonchev–Trinajstić information content (AvgIpc) is 2.86. The molecule has 0 N–H and O–H groups in total. The molecule has 2 rings (SSSR count). The lowest BCUT2D eigenvalue weighted by Gasteiger charge is -2.33. The molecule has 0 aromatic rings. The van der Waals surface area contributed by atoms with E-state index in [1.54, 1.807) is 0 Å². The zero-order valence-electron chi connectivity index (χ0n) is 11.0. The average molecular weight is 242 g/mol. The summed E-state index contributed by atoms with van der Waals surface area (Å²) in [6, 6.07) is 0. The first-order valence-electron chi connectivity index (χ1n) is 6.94. The van der Waals surface area contributed by atoms with E-state index in [1.807, 2.05) is 0 Å². The summed E-state index contributed by atoms with van der Waals surface area (Å²) in [5, 5.41) is 0. The highest BCUT2D eigenvalue weighted by Gasteiger charge is 2.49. The van der Waals surface area contributed by atoms with Gasteiger partial charge in [-0.25, -0.2) is 4.89 Å². The molecule has 0 saturated heterocycles. The lowest BCUT2D eigenvalue weighted by Crippen LogP contribution is -2.39. The van der Waals surface area contributed by atoms with Gasteiger partial charge in [-0.1, -0.05) is 26.2 Å². The quantitative estimate of drug-likeness (QED) is 0.302. The van der Waals surface area contributed by atoms with Crippen LogP contribution in [0, 0.1) is 11.8 Å². The van der Waals surface area contributed by atoms with Gasteiger partial charge in [-0.15, -0.1) is 0 Å². The molecule has 0 aromatic heterocycles. The van der Waals surface area contributed by atoms with Gasteiger partial charge in [0.2, 0.25) is 8.32 Å². The van der Waals surface area contributed by atoms with Crippen LogP contribution in [-0.2, 0) is 9.46 Å². The first-order valence-corrected chi connectivity index (χ1v) is 9.92. The van der Waals surface area contributed by atoms with E-state index in [0.717, 1.165) is 30.4 Å². The third kappa shape index (κ3) is 2.69.